The fourth-order valence-corrected chi connectivity index (χ4v) is 3.51. The van der Waals surface area contributed by atoms with Gasteiger partial charge in [-0.25, -0.2) is 9.78 Å². The molecule has 0 spiro atoms. The molecule has 35 heavy (non-hydrogen) atoms. The first-order chi connectivity index (χ1) is 16.8. The lowest BCUT2D eigenvalue weighted by Gasteiger charge is -2.13. The third-order valence-corrected chi connectivity index (χ3v) is 5.40. The molecule has 1 amide bonds. The quantitative estimate of drug-likeness (QED) is 0.385. The third kappa shape index (κ3) is 5.57. The fourth-order valence-electron chi connectivity index (χ4n) is 3.51. The van der Waals surface area contributed by atoms with E-state index >= 15 is 0 Å². The molecule has 0 saturated heterocycles. The number of aryl methyl sites for hydroxylation is 2. The van der Waals surface area contributed by atoms with Crippen LogP contribution in [0.4, 0.5) is 5.69 Å². The van der Waals surface area contributed by atoms with Gasteiger partial charge in [0.2, 0.25) is 0 Å². The zero-order valence-corrected chi connectivity index (χ0v) is 19.7. The predicted molar refractivity (Wildman–Crippen MR) is 129 cm³/mol. The van der Waals surface area contributed by atoms with E-state index in [-0.39, 0.29) is 24.7 Å². The van der Waals surface area contributed by atoms with Crippen LogP contribution in [-0.4, -0.2) is 28.0 Å². The van der Waals surface area contributed by atoms with E-state index in [1.807, 2.05) is 24.3 Å². The minimum absolute atomic E-state index is 0.170. The third-order valence-electron chi connectivity index (χ3n) is 5.40. The number of hydrogen-bond acceptors (Lipinski definition) is 7. The molecule has 180 valence electrons. The highest BCUT2D eigenvalue weighted by Gasteiger charge is 2.16. The monoisotopic (exact) mass is 475 g/mol. The van der Waals surface area contributed by atoms with Crippen molar-refractivity contribution in [1.29, 1.82) is 0 Å². The van der Waals surface area contributed by atoms with Crippen molar-refractivity contribution in [2.75, 3.05) is 11.9 Å². The molecule has 0 aliphatic rings. The topological polar surface area (TPSA) is 112 Å². The van der Waals surface area contributed by atoms with Gasteiger partial charge in [-0.2, -0.15) is 0 Å². The van der Waals surface area contributed by atoms with E-state index < -0.39 is 11.5 Å². The largest absolute Gasteiger partial charge is 0.484 e. The highest BCUT2D eigenvalue weighted by atomic mass is 16.5. The minimum Gasteiger partial charge on any atom is -0.484 e. The van der Waals surface area contributed by atoms with Gasteiger partial charge in [0.15, 0.2) is 12.3 Å². The molecule has 4 rings (SSSR count). The summed E-state index contributed by atoms with van der Waals surface area (Å²) in [7, 11) is 0. The Morgan fingerprint density at radius 1 is 1.09 bits per heavy atom. The Morgan fingerprint density at radius 3 is 2.60 bits per heavy atom. The Balaban J connectivity index is 1.38. The Kier molecular flexibility index (Phi) is 6.96. The van der Waals surface area contributed by atoms with Crippen LogP contribution in [0.3, 0.4) is 0 Å². The van der Waals surface area contributed by atoms with Gasteiger partial charge in [0, 0.05) is 17.8 Å². The van der Waals surface area contributed by atoms with Gasteiger partial charge in [-0.05, 0) is 55.7 Å². The molecule has 0 radical (unpaired) electrons. The zero-order valence-electron chi connectivity index (χ0n) is 19.7. The van der Waals surface area contributed by atoms with E-state index in [4.69, 9.17) is 14.0 Å². The number of benzene rings is 2. The minimum atomic E-state index is -0.601. The van der Waals surface area contributed by atoms with Gasteiger partial charge in [-0.3, -0.25) is 9.59 Å². The molecule has 0 saturated carbocycles. The van der Waals surface area contributed by atoms with Crippen LogP contribution in [0.25, 0.3) is 5.65 Å². The van der Waals surface area contributed by atoms with Gasteiger partial charge in [0.1, 0.15) is 18.1 Å². The van der Waals surface area contributed by atoms with Crippen LogP contribution in [0.2, 0.25) is 0 Å². The van der Waals surface area contributed by atoms with Gasteiger partial charge >= 0.3 is 5.97 Å². The number of aromatic nitrogens is 2. The van der Waals surface area contributed by atoms with Gasteiger partial charge in [-0.15, -0.1) is 4.57 Å². The Bertz CT molecular complexity index is 1440. The molecule has 2 aromatic carbocycles. The molecule has 1 N–H and O–H groups in total. The highest BCUT2D eigenvalue weighted by Crippen LogP contribution is 2.20. The summed E-state index contributed by atoms with van der Waals surface area (Å²) in [5.74, 6) is 0.184. The molecule has 4 aromatic rings. The van der Waals surface area contributed by atoms with Crippen molar-refractivity contribution in [2.24, 2.45) is 0 Å². The molecule has 0 fully saturated rings. The van der Waals surface area contributed by atoms with E-state index in [9.17, 15) is 14.4 Å². The lowest BCUT2D eigenvalue weighted by molar-refractivity contribution is -0.118. The molecule has 0 unspecified atom stereocenters. The molecule has 0 aliphatic heterocycles. The first-order valence-electron chi connectivity index (χ1n) is 11.1. The molecule has 9 nitrogen and oxygen atoms in total. The van der Waals surface area contributed by atoms with Gasteiger partial charge < -0.3 is 19.3 Å². The van der Waals surface area contributed by atoms with Crippen molar-refractivity contribution in [3.63, 3.8) is 0 Å². The number of amides is 1. The summed E-state index contributed by atoms with van der Waals surface area (Å²) < 4.78 is 17.2. The smallest absolute Gasteiger partial charge is 0.338 e. The Hall–Kier alpha value is -4.40. The van der Waals surface area contributed by atoms with Gasteiger partial charge in [-0.1, -0.05) is 25.1 Å². The second-order valence-electron chi connectivity index (χ2n) is 7.97. The summed E-state index contributed by atoms with van der Waals surface area (Å²) in [6, 6.07) is 15.4. The van der Waals surface area contributed by atoms with E-state index in [0.29, 0.717) is 34.1 Å². The molecule has 0 bridgehead atoms. The Morgan fingerprint density at radius 2 is 1.86 bits per heavy atom. The first-order valence-corrected chi connectivity index (χ1v) is 11.1. The second-order valence-corrected chi connectivity index (χ2v) is 7.97. The highest BCUT2D eigenvalue weighted by molar-refractivity contribution is 5.97. The maximum Gasteiger partial charge on any atom is 0.338 e. The average molecular weight is 476 g/mol. The summed E-state index contributed by atoms with van der Waals surface area (Å²) >= 11 is 0. The SMILES string of the molecule is CCc1ccc(OCC(=O)Nc2cccc(C(=O)OCc3cc(=O)n4oc(C)cc4n3)c2C)cc1. The van der Waals surface area contributed by atoms with Crippen molar-refractivity contribution in [2.45, 2.75) is 33.8 Å². The second kappa shape index (κ2) is 10.3. The number of esters is 1. The summed E-state index contributed by atoms with van der Waals surface area (Å²) in [5.41, 5.74) is 2.73. The van der Waals surface area contributed by atoms with Crippen molar-refractivity contribution >= 4 is 23.2 Å². The van der Waals surface area contributed by atoms with Crippen molar-refractivity contribution in [3.05, 3.63) is 93.1 Å². The first kappa shape index (κ1) is 23.7. The normalized spacial score (nSPS) is 10.8. The lowest BCUT2D eigenvalue weighted by atomic mass is 10.1. The van der Waals surface area contributed by atoms with Gasteiger partial charge in [0.05, 0.1) is 11.3 Å². The van der Waals surface area contributed by atoms with Crippen molar-refractivity contribution < 1.29 is 23.6 Å². The fraction of sp³-hybridized carbons (Fsp3) is 0.231. The number of carbonyl (C=O) groups excluding carboxylic acids is 2. The zero-order chi connectivity index (χ0) is 24.9. The number of hydrogen-bond donors (Lipinski definition) is 1. The molecular weight excluding hydrogens is 450 g/mol. The summed E-state index contributed by atoms with van der Waals surface area (Å²) in [6.45, 7) is 5.13. The summed E-state index contributed by atoms with van der Waals surface area (Å²) in [5, 5.41) is 2.76. The van der Waals surface area contributed by atoms with E-state index in [1.54, 1.807) is 38.1 Å². The number of carbonyl (C=O) groups is 2. The number of fused-ring (bicyclic) bond motifs is 1. The van der Waals surface area contributed by atoms with Crippen LogP contribution < -0.4 is 15.6 Å². The molecule has 0 atom stereocenters. The number of nitrogens with zero attached hydrogens (tertiary/aromatic N) is 2. The van der Waals surface area contributed by atoms with Crippen molar-refractivity contribution in [3.8, 4) is 5.75 Å². The number of anilines is 1. The average Bonchev–Trinajstić information content (AvgIpc) is 3.23. The van der Waals surface area contributed by atoms with E-state index in [2.05, 4.69) is 17.2 Å². The standard InChI is InChI=1S/C26H25N3O6/c1-4-18-8-10-20(11-9-18)33-15-24(30)28-22-7-5-6-21(17(22)3)26(32)34-14-19-13-25(31)29-23(27-19)12-16(2)35-29/h5-13H,4,14-15H2,1-3H3,(H,28,30). The van der Waals surface area contributed by atoms with E-state index in [1.165, 1.54) is 11.6 Å². The summed E-state index contributed by atoms with van der Waals surface area (Å²) in [4.78, 5) is 41.5. The molecule has 9 heteroatoms. The van der Waals surface area contributed by atoms with E-state index in [0.717, 1.165) is 11.0 Å². The molecule has 2 aromatic heterocycles. The number of rotatable bonds is 8. The number of nitrogens with one attached hydrogen (secondary N) is 1. The van der Waals surface area contributed by atoms with Crippen LogP contribution >= 0.6 is 0 Å². The molecule has 2 heterocycles. The van der Waals surface area contributed by atoms with Crippen LogP contribution in [-0.2, 0) is 22.6 Å². The van der Waals surface area contributed by atoms with Crippen molar-refractivity contribution in [1.82, 2.24) is 9.56 Å². The molecule has 0 aliphatic carbocycles. The maximum absolute atomic E-state index is 12.7. The lowest BCUT2D eigenvalue weighted by Crippen LogP contribution is -2.21. The maximum atomic E-state index is 12.7. The summed E-state index contributed by atoms with van der Waals surface area (Å²) in [6.07, 6.45) is 0.924. The van der Waals surface area contributed by atoms with Crippen LogP contribution in [0.5, 0.6) is 5.75 Å². The van der Waals surface area contributed by atoms with Crippen LogP contribution in [0.1, 0.15) is 39.9 Å². The van der Waals surface area contributed by atoms with Crippen LogP contribution in [0.15, 0.2) is 63.9 Å². The number of ether oxygens (including phenoxy) is 2. The van der Waals surface area contributed by atoms with Gasteiger partial charge in [0.25, 0.3) is 11.5 Å². The molecular formula is C26H25N3O6. The van der Waals surface area contributed by atoms with Crippen LogP contribution in [0, 0.1) is 13.8 Å². The predicted octanol–water partition coefficient (Wildman–Crippen LogP) is 3.84. The Labute approximate surface area is 201 Å².